The Kier molecular flexibility index (Phi) is 4.47. The third kappa shape index (κ3) is 3.79. The molecule has 0 aliphatic heterocycles. The molecule has 5 heteroatoms. The van der Waals surface area contributed by atoms with Crippen molar-refractivity contribution in [3.05, 3.63) is 65.5 Å². The van der Waals surface area contributed by atoms with Gasteiger partial charge in [-0.1, -0.05) is 24.3 Å². The topological polar surface area (TPSA) is 63.3 Å². The molecule has 1 N–H and O–H groups in total. The van der Waals surface area contributed by atoms with Gasteiger partial charge in [-0.3, -0.25) is 0 Å². The summed E-state index contributed by atoms with van der Waals surface area (Å²) in [5.41, 5.74) is -0.0204. The van der Waals surface area contributed by atoms with E-state index in [9.17, 15) is 4.79 Å². The van der Waals surface area contributed by atoms with Gasteiger partial charge in [0.15, 0.2) is 5.69 Å². The highest BCUT2D eigenvalue weighted by atomic mass is 32.1. The molecule has 0 radical (unpaired) electrons. The molecule has 0 saturated heterocycles. The quantitative estimate of drug-likeness (QED) is 0.857. The van der Waals surface area contributed by atoms with Crippen molar-refractivity contribution in [1.82, 2.24) is 4.98 Å². The molecule has 0 fully saturated rings. The van der Waals surface area contributed by atoms with Gasteiger partial charge < -0.3 is 9.52 Å². The fourth-order valence-corrected chi connectivity index (χ4v) is 2.07. The monoisotopic (exact) mass is 273 g/mol. The molecule has 0 atom stereocenters. The molecular weight excluding hydrogens is 262 g/mol. The lowest BCUT2D eigenvalue weighted by Gasteiger charge is -1.90. The van der Waals surface area contributed by atoms with E-state index in [0.29, 0.717) is 0 Å². The van der Waals surface area contributed by atoms with E-state index in [4.69, 9.17) is 9.52 Å². The molecule has 1 aromatic carbocycles. The number of carboxylic acids is 1. The van der Waals surface area contributed by atoms with Crippen molar-refractivity contribution in [1.29, 1.82) is 0 Å². The van der Waals surface area contributed by atoms with Crippen molar-refractivity contribution in [2.75, 3.05) is 0 Å². The zero-order valence-corrected chi connectivity index (χ0v) is 10.7. The third-order valence-electron chi connectivity index (χ3n) is 2.24. The first-order chi connectivity index (χ1) is 9.27. The number of carboxylic acid groups (broad SMARTS) is 1. The summed E-state index contributed by atoms with van der Waals surface area (Å²) in [6, 6.07) is 9.20. The Bertz CT molecular complexity index is 688. The molecule has 0 amide bonds. The summed E-state index contributed by atoms with van der Waals surface area (Å²) in [6.45, 7) is 0. The number of hydrogen-bond donors (Lipinski definition) is 1. The zero-order chi connectivity index (χ0) is 13.5. The Morgan fingerprint density at radius 2 is 1.95 bits per heavy atom. The standard InChI is InChI=1S/C14H11NO3S/c16-14(17)13-10-19-9-12-5-2-1-4-11(12)8-18-7-3-6-15-13/h1-10H,(H,16,17). The van der Waals surface area contributed by atoms with E-state index in [0.717, 1.165) is 10.8 Å². The van der Waals surface area contributed by atoms with Crippen molar-refractivity contribution in [3.63, 3.8) is 0 Å². The summed E-state index contributed by atoms with van der Waals surface area (Å²) in [4.78, 5) is 14.8. The van der Waals surface area contributed by atoms with Crippen LogP contribution >= 0.6 is 11.3 Å². The van der Waals surface area contributed by atoms with Gasteiger partial charge >= 0.3 is 5.97 Å². The molecule has 0 saturated carbocycles. The number of carbonyl (C=O) groups is 1. The molecule has 0 aliphatic rings. The van der Waals surface area contributed by atoms with Crippen LogP contribution in [0.3, 0.4) is 0 Å². The van der Waals surface area contributed by atoms with Crippen LogP contribution < -0.4 is 0 Å². The lowest BCUT2D eigenvalue weighted by atomic mass is 10.2. The van der Waals surface area contributed by atoms with Crippen LogP contribution in [0.15, 0.2) is 64.2 Å². The highest BCUT2D eigenvalue weighted by Crippen LogP contribution is 2.11. The lowest BCUT2D eigenvalue weighted by molar-refractivity contribution is 0.0691. The lowest BCUT2D eigenvalue weighted by Crippen LogP contribution is -1.96. The molecule has 2 rings (SSSR count). The van der Waals surface area contributed by atoms with E-state index >= 15 is 0 Å². The second-order valence-corrected chi connectivity index (χ2v) is 4.30. The predicted molar refractivity (Wildman–Crippen MR) is 74.1 cm³/mol. The Balaban J connectivity index is 2.71. The van der Waals surface area contributed by atoms with Crippen molar-refractivity contribution < 1.29 is 14.3 Å². The van der Waals surface area contributed by atoms with E-state index in [1.165, 1.54) is 35.2 Å². The van der Waals surface area contributed by atoms with Crippen LogP contribution in [0.25, 0.3) is 10.8 Å². The summed E-state index contributed by atoms with van der Waals surface area (Å²) in [5, 5.41) is 14.2. The van der Waals surface area contributed by atoms with Gasteiger partial charge in [0.2, 0.25) is 0 Å². The Hall–Kier alpha value is -2.40. The molecule has 4 nitrogen and oxygen atoms in total. The minimum absolute atomic E-state index is 0.0204. The van der Waals surface area contributed by atoms with Crippen LogP contribution in [0.4, 0.5) is 0 Å². The number of fused-ring (bicyclic) bond motifs is 1. The fourth-order valence-electron chi connectivity index (χ4n) is 1.35. The molecule has 96 valence electrons. The van der Waals surface area contributed by atoms with Crippen LogP contribution in [-0.4, -0.2) is 16.1 Å². The smallest absolute Gasteiger partial charge is 0.355 e. The van der Waals surface area contributed by atoms with Crippen molar-refractivity contribution in [2.24, 2.45) is 0 Å². The Labute approximate surface area is 113 Å². The van der Waals surface area contributed by atoms with Gasteiger partial charge in [0.25, 0.3) is 0 Å². The summed E-state index contributed by atoms with van der Waals surface area (Å²) in [7, 11) is 0. The number of hydrogen-bond acceptors (Lipinski definition) is 4. The maximum absolute atomic E-state index is 10.9. The number of aromatic carboxylic acids is 1. The first kappa shape index (κ1) is 13.0. The molecule has 2 aromatic rings. The molecule has 0 bridgehead atoms. The third-order valence-corrected chi connectivity index (χ3v) is 2.99. The highest BCUT2D eigenvalue weighted by Gasteiger charge is 1.98. The van der Waals surface area contributed by atoms with Crippen LogP contribution in [0.2, 0.25) is 0 Å². The van der Waals surface area contributed by atoms with E-state index in [2.05, 4.69) is 4.98 Å². The van der Waals surface area contributed by atoms with Gasteiger partial charge in [-0.2, -0.15) is 0 Å². The molecule has 0 aliphatic carbocycles. The minimum atomic E-state index is -1.07. The normalized spacial score (nSPS) is 9.47. The minimum Gasteiger partial charge on any atom is -0.476 e. The molecule has 0 unspecified atom stereocenters. The highest BCUT2D eigenvalue weighted by molar-refractivity contribution is 7.08. The summed E-state index contributed by atoms with van der Waals surface area (Å²) < 4.78 is 5.24. The van der Waals surface area contributed by atoms with Crippen molar-refractivity contribution in [3.8, 4) is 0 Å². The van der Waals surface area contributed by atoms with Gasteiger partial charge in [-0.05, 0) is 16.8 Å². The zero-order valence-electron chi connectivity index (χ0n) is 9.89. The van der Waals surface area contributed by atoms with E-state index in [-0.39, 0.29) is 5.69 Å². The number of rotatable bonds is 1. The van der Waals surface area contributed by atoms with Gasteiger partial charge in [-0.15, -0.1) is 11.3 Å². The average molecular weight is 273 g/mol. The SMILES string of the molecule is O=C(O)c1cscc2ccccc2cocccn1. The van der Waals surface area contributed by atoms with E-state index in [1.54, 1.807) is 6.26 Å². The van der Waals surface area contributed by atoms with Crippen LogP contribution in [0.1, 0.15) is 10.5 Å². The van der Waals surface area contributed by atoms with Gasteiger partial charge in [0.1, 0.15) is 0 Å². The van der Waals surface area contributed by atoms with Crippen molar-refractivity contribution in [2.45, 2.75) is 0 Å². The first-order valence-electron chi connectivity index (χ1n) is 5.46. The van der Waals surface area contributed by atoms with Crippen LogP contribution in [0.5, 0.6) is 0 Å². The molecular formula is C14H11NO3S. The maximum atomic E-state index is 10.9. The molecule has 0 spiro atoms. The second-order valence-electron chi connectivity index (χ2n) is 3.55. The van der Waals surface area contributed by atoms with Gasteiger partial charge in [0.05, 0.1) is 12.5 Å². The second kappa shape index (κ2) is 6.51. The van der Waals surface area contributed by atoms with E-state index < -0.39 is 5.97 Å². The molecule has 1 heterocycles. The Morgan fingerprint density at radius 3 is 2.74 bits per heavy atom. The number of aromatic nitrogens is 1. The van der Waals surface area contributed by atoms with Gasteiger partial charge in [-0.25, -0.2) is 9.78 Å². The van der Waals surface area contributed by atoms with Crippen LogP contribution in [-0.2, 0) is 0 Å². The number of nitrogens with zero attached hydrogens (tertiary/aromatic N) is 1. The average Bonchev–Trinajstić information content (AvgIpc) is 2.39. The fraction of sp³-hybridized carbons (Fsp3) is 0. The largest absolute Gasteiger partial charge is 0.476 e. The maximum Gasteiger partial charge on any atom is 0.355 e. The summed E-state index contributed by atoms with van der Waals surface area (Å²) in [6.07, 6.45) is 4.44. The van der Waals surface area contributed by atoms with Crippen LogP contribution in [0, 0.1) is 0 Å². The van der Waals surface area contributed by atoms with E-state index in [1.807, 2.05) is 29.6 Å². The Morgan fingerprint density at radius 1 is 1.16 bits per heavy atom. The summed E-state index contributed by atoms with van der Waals surface area (Å²) in [5.74, 6) is -1.07. The van der Waals surface area contributed by atoms with Gasteiger partial charge in [0, 0.05) is 17.0 Å². The first-order valence-corrected chi connectivity index (χ1v) is 6.41. The number of benzene rings is 1. The summed E-state index contributed by atoms with van der Waals surface area (Å²) >= 11 is 1.27. The molecule has 1 aromatic heterocycles. The predicted octanol–water partition coefficient (Wildman–Crippen LogP) is 3.84. The molecule has 19 heavy (non-hydrogen) atoms. The van der Waals surface area contributed by atoms with Crippen molar-refractivity contribution >= 4 is 28.1 Å².